The largest absolute Gasteiger partial charge is 0.492 e. The molecule has 0 radical (unpaired) electrons. The van der Waals surface area contributed by atoms with E-state index in [0.29, 0.717) is 53.5 Å². The van der Waals surface area contributed by atoms with Crippen molar-refractivity contribution in [2.75, 3.05) is 19.8 Å². The molecular weight excluding hydrogens is 391 g/mol. The summed E-state index contributed by atoms with van der Waals surface area (Å²) >= 11 is 11.8. The van der Waals surface area contributed by atoms with Crippen LogP contribution in [0, 0.1) is 0 Å². The number of nitrogens with one attached hydrogen (secondary N) is 1. The highest BCUT2D eigenvalue weighted by atomic mass is 35.5. The molecule has 1 heterocycles. The van der Waals surface area contributed by atoms with Crippen LogP contribution >= 0.6 is 23.2 Å². The number of hydrazone groups is 1. The molecule has 0 atom stereocenters. The van der Waals surface area contributed by atoms with Gasteiger partial charge in [-0.05, 0) is 48.4 Å². The van der Waals surface area contributed by atoms with Crippen molar-refractivity contribution in [3.05, 3.63) is 52.0 Å². The Morgan fingerprint density at radius 3 is 2.78 bits per heavy atom. The van der Waals surface area contributed by atoms with Gasteiger partial charge in [-0.2, -0.15) is 5.10 Å². The number of amides is 1. The van der Waals surface area contributed by atoms with Gasteiger partial charge < -0.3 is 14.2 Å². The molecule has 0 fully saturated rings. The first-order valence-corrected chi connectivity index (χ1v) is 9.17. The summed E-state index contributed by atoms with van der Waals surface area (Å²) in [7, 11) is 0. The van der Waals surface area contributed by atoms with Crippen molar-refractivity contribution >= 4 is 35.3 Å². The lowest BCUT2D eigenvalue weighted by molar-refractivity contribution is -0.121. The summed E-state index contributed by atoms with van der Waals surface area (Å²) in [6, 6.07) is 10.5. The van der Waals surface area contributed by atoms with Crippen LogP contribution in [0.4, 0.5) is 0 Å². The van der Waals surface area contributed by atoms with Crippen molar-refractivity contribution < 1.29 is 19.0 Å². The molecule has 27 heavy (non-hydrogen) atoms. The number of hydrogen-bond acceptors (Lipinski definition) is 5. The average Bonchev–Trinajstić information content (AvgIpc) is 2.66. The number of nitrogens with zero attached hydrogens (tertiary/aromatic N) is 1. The van der Waals surface area contributed by atoms with E-state index in [4.69, 9.17) is 37.4 Å². The second-order valence-electron chi connectivity index (χ2n) is 5.72. The first-order chi connectivity index (χ1) is 13.1. The molecule has 2 aromatic carbocycles. The molecule has 1 aliphatic heterocycles. The van der Waals surface area contributed by atoms with Gasteiger partial charge in [0.2, 0.25) is 5.91 Å². The van der Waals surface area contributed by atoms with E-state index in [1.165, 1.54) is 0 Å². The maximum atomic E-state index is 11.8. The fraction of sp³-hybridized carbons (Fsp3) is 0.263. The summed E-state index contributed by atoms with van der Waals surface area (Å²) in [5.74, 6) is 1.73. The number of fused-ring (bicyclic) bond motifs is 1. The van der Waals surface area contributed by atoms with E-state index in [2.05, 4.69) is 10.5 Å². The van der Waals surface area contributed by atoms with Gasteiger partial charge in [-0.3, -0.25) is 4.79 Å². The lowest BCUT2D eigenvalue weighted by Crippen LogP contribution is -2.18. The number of benzene rings is 2. The summed E-state index contributed by atoms with van der Waals surface area (Å²) in [4.78, 5) is 11.8. The highest BCUT2D eigenvalue weighted by molar-refractivity contribution is 6.35. The molecule has 8 heteroatoms. The van der Waals surface area contributed by atoms with Crippen molar-refractivity contribution in [2.45, 2.75) is 12.8 Å². The quantitative estimate of drug-likeness (QED) is 0.425. The molecule has 2 aromatic rings. The van der Waals surface area contributed by atoms with E-state index in [9.17, 15) is 4.79 Å². The maximum Gasteiger partial charge on any atom is 0.240 e. The lowest BCUT2D eigenvalue weighted by Gasteiger charge is -2.18. The predicted molar refractivity (Wildman–Crippen MR) is 104 cm³/mol. The van der Waals surface area contributed by atoms with E-state index >= 15 is 0 Å². The van der Waals surface area contributed by atoms with E-state index in [1.54, 1.807) is 24.4 Å². The van der Waals surface area contributed by atoms with Gasteiger partial charge in [0, 0.05) is 11.4 Å². The Balaban J connectivity index is 1.38. The van der Waals surface area contributed by atoms with Crippen molar-refractivity contribution in [2.24, 2.45) is 5.10 Å². The molecule has 0 spiro atoms. The first-order valence-electron chi connectivity index (χ1n) is 8.41. The number of carbonyl (C=O) groups is 1. The van der Waals surface area contributed by atoms with Crippen LogP contribution in [0.5, 0.6) is 17.2 Å². The van der Waals surface area contributed by atoms with Crippen LogP contribution in [-0.4, -0.2) is 31.9 Å². The van der Waals surface area contributed by atoms with Crippen LogP contribution in [0.2, 0.25) is 10.0 Å². The third-order valence-corrected chi connectivity index (χ3v) is 4.20. The maximum absolute atomic E-state index is 11.8. The SMILES string of the molecule is O=C(CCCOc1ccc(Cl)cc1Cl)N/N=C\c1ccc2c(c1)OCCO2. The zero-order chi connectivity index (χ0) is 19.1. The minimum Gasteiger partial charge on any atom is -0.492 e. The second kappa shape index (κ2) is 9.48. The van der Waals surface area contributed by atoms with Crippen LogP contribution in [0.3, 0.4) is 0 Å². The Labute approximate surface area is 167 Å². The molecule has 0 aliphatic carbocycles. The second-order valence-corrected chi connectivity index (χ2v) is 6.57. The zero-order valence-electron chi connectivity index (χ0n) is 14.4. The third-order valence-electron chi connectivity index (χ3n) is 3.67. The zero-order valence-corrected chi connectivity index (χ0v) is 15.9. The number of rotatable bonds is 7. The molecule has 1 amide bonds. The van der Waals surface area contributed by atoms with Gasteiger partial charge in [-0.1, -0.05) is 23.2 Å². The standard InChI is InChI=1S/C19H18Cl2N2O4/c20-14-4-6-16(15(21)11-14)25-7-1-2-19(24)23-22-12-13-3-5-17-18(10-13)27-9-8-26-17/h3-6,10-12H,1-2,7-9H2,(H,23,24)/b22-12-. The molecule has 0 saturated carbocycles. The van der Waals surface area contributed by atoms with Crippen LogP contribution in [-0.2, 0) is 4.79 Å². The van der Waals surface area contributed by atoms with Crippen LogP contribution in [0.1, 0.15) is 18.4 Å². The molecule has 6 nitrogen and oxygen atoms in total. The van der Waals surface area contributed by atoms with E-state index < -0.39 is 0 Å². The van der Waals surface area contributed by atoms with Gasteiger partial charge >= 0.3 is 0 Å². The number of ether oxygens (including phenoxy) is 3. The third kappa shape index (κ3) is 5.77. The summed E-state index contributed by atoms with van der Waals surface area (Å²) in [6.07, 6.45) is 2.37. The molecule has 0 aromatic heterocycles. The molecule has 0 unspecified atom stereocenters. The molecule has 0 saturated heterocycles. The van der Waals surface area contributed by atoms with Gasteiger partial charge in [-0.25, -0.2) is 5.43 Å². The molecule has 3 rings (SSSR count). The van der Waals surface area contributed by atoms with Crippen molar-refractivity contribution in [3.63, 3.8) is 0 Å². The predicted octanol–water partition coefficient (Wildman–Crippen LogP) is 4.07. The van der Waals surface area contributed by atoms with Gasteiger partial charge in [0.25, 0.3) is 0 Å². The molecule has 142 valence electrons. The van der Waals surface area contributed by atoms with Crippen LogP contribution in [0.25, 0.3) is 0 Å². The fourth-order valence-electron chi connectivity index (χ4n) is 2.38. The smallest absolute Gasteiger partial charge is 0.240 e. The van der Waals surface area contributed by atoms with Gasteiger partial charge in [0.05, 0.1) is 17.8 Å². The van der Waals surface area contributed by atoms with Crippen molar-refractivity contribution in [3.8, 4) is 17.2 Å². The summed E-state index contributed by atoms with van der Waals surface area (Å²) in [6.45, 7) is 1.43. The first kappa shape index (κ1) is 19.3. The Morgan fingerprint density at radius 1 is 1.15 bits per heavy atom. The summed E-state index contributed by atoms with van der Waals surface area (Å²) < 4.78 is 16.5. The van der Waals surface area contributed by atoms with Gasteiger partial charge in [0.15, 0.2) is 11.5 Å². The van der Waals surface area contributed by atoms with Gasteiger partial charge in [0.1, 0.15) is 19.0 Å². The van der Waals surface area contributed by atoms with Crippen LogP contribution < -0.4 is 19.6 Å². The van der Waals surface area contributed by atoms with E-state index in [1.807, 2.05) is 18.2 Å². The number of hydrogen-bond donors (Lipinski definition) is 1. The Hall–Kier alpha value is -2.44. The molecule has 1 N–H and O–H groups in total. The summed E-state index contributed by atoms with van der Waals surface area (Å²) in [5.41, 5.74) is 3.29. The summed E-state index contributed by atoms with van der Waals surface area (Å²) in [5, 5.41) is 4.94. The average molecular weight is 409 g/mol. The fourth-order valence-corrected chi connectivity index (χ4v) is 2.85. The van der Waals surface area contributed by atoms with Gasteiger partial charge in [-0.15, -0.1) is 0 Å². The molecular formula is C19H18Cl2N2O4. The van der Waals surface area contributed by atoms with E-state index in [0.717, 1.165) is 5.56 Å². The Bertz CT molecular complexity index is 842. The highest BCUT2D eigenvalue weighted by Gasteiger charge is 2.11. The topological polar surface area (TPSA) is 69.2 Å². The Kier molecular flexibility index (Phi) is 6.79. The van der Waals surface area contributed by atoms with E-state index in [-0.39, 0.29) is 12.3 Å². The van der Waals surface area contributed by atoms with Crippen molar-refractivity contribution in [1.82, 2.24) is 5.43 Å². The Morgan fingerprint density at radius 2 is 1.96 bits per heavy atom. The monoisotopic (exact) mass is 408 g/mol. The minimum absolute atomic E-state index is 0.199. The number of halogens is 2. The highest BCUT2D eigenvalue weighted by Crippen LogP contribution is 2.30. The molecule has 0 bridgehead atoms. The van der Waals surface area contributed by atoms with Crippen molar-refractivity contribution in [1.29, 1.82) is 0 Å². The van der Waals surface area contributed by atoms with Crippen LogP contribution in [0.15, 0.2) is 41.5 Å². The molecule has 1 aliphatic rings. The lowest BCUT2D eigenvalue weighted by atomic mass is 10.2. The normalized spacial score (nSPS) is 12.8. The minimum atomic E-state index is -0.199. The number of carbonyl (C=O) groups excluding carboxylic acids is 1.